The van der Waals surface area contributed by atoms with E-state index in [2.05, 4.69) is 11.4 Å². The molecule has 1 fully saturated rings. The van der Waals surface area contributed by atoms with E-state index in [9.17, 15) is 9.59 Å². The number of amides is 2. The minimum absolute atomic E-state index is 0.0391. The lowest BCUT2D eigenvalue weighted by atomic mass is 9.95. The van der Waals surface area contributed by atoms with Gasteiger partial charge in [-0.15, -0.1) is 0 Å². The summed E-state index contributed by atoms with van der Waals surface area (Å²) < 4.78 is 0. The fraction of sp³-hybridized carbons (Fsp3) is 0.579. The molecule has 24 heavy (non-hydrogen) atoms. The van der Waals surface area contributed by atoms with Crippen LogP contribution in [-0.4, -0.2) is 61.9 Å². The first-order chi connectivity index (χ1) is 11.4. The zero-order valence-corrected chi connectivity index (χ0v) is 15.3. The Kier molecular flexibility index (Phi) is 6.37. The zero-order valence-electron chi connectivity index (χ0n) is 15.3. The highest BCUT2D eigenvalue weighted by atomic mass is 16.2. The number of nitrogens with zero attached hydrogens (tertiary/aromatic N) is 2. The van der Waals surface area contributed by atoms with Gasteiger partial charge in [-0.05, 0) is 45.9 Å². The van der Waals surface area contributed by atoms with Gasteiger partial charge >= 0.3 is 0 Å². The van der Waals surface area contributed by atoms with Gasteiger partial charge in [0.1, 0.15) is 0 Å². The number of nitrogens with one attached hydrogen (secondary N) is 1. The number of aryl methyl sites for hydroxylation is 2. The van der Waals surface area contributed by atoms with Crippen LogP contribution in [0.5, 0.6) is 0 Å². The molecule has 1 aromatic carbocycles. The van der Waals surface area contributed by atoms with Crippen molar-refractivity contribution < 1.29 is 9.59 Å². The summed E-state index contributed by atoms with van der Waals surface area (Å²) in [5, 5.41) is 3.06. The summed E-state index contributed by atoms with van der Waals surface area (Å²) >= 11 is 0. The minimum atomic E-state index is -0.0875. The average Bonchev–Trinajstić information content (AvgIpc) is 2.57. The van der Waals surface area contributed by atoms with Gasteiger partial charge in [0, 0.05) is 38.8 Å². The van der Waals surface area contributed by atoms with Crippen molar-refractivity contribution >= 4 is 11.8 Å². The number of hydrogen-bond donors (Lipinski definition) is 1. The number of rotatable bonds is 5. The van der Waals surface area contributed by atoms with Gasteiger partial charge in [0.15, 0.2) is 0 Å². The van der Waals surface area contributed by atoms with Crippen LogP contribution in [0.1, 0.15) is 34.3 Å². The molecule has 0 saturated carbocycles. The maximum atomic E-state index is 12.8. The molecule has 1 aromatic rings. The third-order valence-electron chi connectivity index (χ3n) is 4.60. The van der Waals surface area contributed by atoms with Crippen molar-refractivity contribution in [3.05, 3.63) is 34.9 Å². The van der Waals surface area contributed by atoms with E-state index in [1.807, 2.05) is 45.0 Å². The van der Waals surface area contributed by atoms with E-state index in [0.717, 1.165) is 42.6 Å². The predicted octanol–water partition coefficient (Wildman–Crippen LogP) is 1.83. The Labute approximate surface area is 145 Å². The molecule has 0 spiro atoms. The molecular formula is C19H29N3O2. The van der Waals surface area contributed by atoms with Gasteiger partial charge in [-0.2, -0.15) is 0 Å². The standard InChI is InChI=1S/C19H29N3O2/c1-14-10-15(2)12-17(11-14)19(24)22-8-5-6-16(13-22)18(23)21(4)9-7-20-3/h10-12,16,20H,5-9,13H2,1-4H3. The van der Waals surface area contributed by atoms with E-state index in [0.29, 0.717) is 13.1 Å². The van der Waals surface area contributed by atoms with Crippen molar-refractivity contribution in [2.75, 3.05) is 40.3 Å². The molecule has 1 saturated heterocycles. The van der Waals surface area contributed by atoms with Gasteiger partial charge < -0.3 is 15.1 Å². The maximum Gasteiger partial charge on any atom is 0.253 e. The third kappa shape index (κ3) is 4.57. The number of hydrogen-bond acceptors (Lipinski definition) is 3. The van der Waals surface area contributed by atoms with E-state index in [-0.39, 0.29) is 17.7 Å². The molecule has 1 aliphatic heterocycles. The average molecular weight is 331 g/mol. The lowest BCUT2D eigenvalue weighted by Gasteiger charge is -2.34. The molecular weight excluding hydrogens is 302 g/mol. The smallest absolute Gasteiger partial charge is 0.253 e. The highest BCUT2D eigenvalue weighted by molar-refractivity contribution is 5.95. The molecule has 132 valence electrons. The van der Waals surface area contributed by atoms with E-state index < -0.39 is 0 Å². The molecule has 0 bridgehead atoms. The Morgan fingerprint density at radius 1 is 1.25 bits per heavy atom. The SMILES string of the molecule is CNCCN(C)C(=O)C1CCCN(C(=O)c2cc(C)cc(C)c2)C1. The second-order valence-electron chi connectivity index (χ2n) is 6.83. The number of carbonyl (C=O) groups excluding carboxylic acids is 2. The first-order valence-corrected chi connectivity index (χ1v) is 8.69. The van der Waals surface area contributed by atoms with E-state index in [4.69, 9.17) is 0 Å². The molecule has 1 unspecified atom stereocenters. The summed E-state index contributed by atoms with van der Waals surface area (Å²) in [4.78, 5) is 29.0. The zero-order chi connectivity index (χ0) is 17.7. The number of piperidine rings is 1. The first kappa shape index (κ1) is 18.5. The van der Waals surface area contributed by atoms with Crippen LogP contribution in [0.4, 0.5) is 0 Å². The molecule has 1 N–H and O–H groups in total. The summed E-state index contributed by atoms with van der Waals surface area (Å²) in [5.41, 5.74) is 2.91. The van der Waals surface area contributed by atoms with Crippen molar-refractivity contribution in [1.82, 2.24) is 15.1 Å². The largest absolute Gasteiger partial charge is 0.344 e. The first-order valence-electron chi connectivity index (χ1n) is 8.69. The van der Waals surface area contributed by atoms with Crippen LogP contribution in [0.25, 0.3) is 0 Å². The van der Waals surface area contributed by atoms with E-state index in [1.54, 1.807) is 4.90 Å². The van der Waals surface area contributed by atoms with Crippen molar-refractivity contribution in [1.29, 1.82) is 0 Å². The van der Waals surface area contributed by atoms with Crippen molar-refractivity contribution in [3.63, 3.8) is 0 Å². The molecule has 1 aliphatic rings. The van der Waals surface area contributed by atoms with Gasteiger partial charge in [-0.3, -0.25) is 9.59 Å². The van der Waals surface area contributed by atoms with Crippen LogP contribution in [0.2, 0.25) is 0 Å². The Balaban J connectivity index is 2.04. The Morgan fingerprint density at radius 2 is 1.92 bits per heavy atom. The normalized spacial score (nSPS) is 17.7. The molecule has 0 aliphatic carbocycles. The summed E-state index contributed by atoms with van der Waals surface area (Å²) in [5.74, 6) is 0.0933. The second kappa shape index (κ2) is 8.29. The van der Waals surface area contributed by atoms with Gasteiger partial charge in [-0.1, -0.05) is 17.2 Å². The summed E-state index contributed by atoms with van der Waals surface area (Å²) in [7, 11) is 3.72. The number of likely N-dealkylation sites (N-methyl/N-ethyl adjacent to an activating group) is 2. The van der Waals surface area contributed by atoms with Crippen LogP contribution in [0, 0.1) is 19.8 Å². The maximum absolute atomic E-state index is 12.8. The molecule has 0 aromatic heterocycles. The highest BCUT2D eigenvalue weighted by Gasteiger charge is 2.30. The Hall–Kier alpha value is -1.88. The Bertz CT molecular complexity index is 580. The minimum Gasteiger partial charge on any atom is -0.344 e. The lowest BCUT2D eigenvalue weighted by molar-refractivity contribution is -0.135. The second-order valence-corrected chi connectivity index (χ2v) is 6.83. The summed E-state index contributed by atoms with van der Waals surface area (Å²) in [6, 6.07) is 5.93. The molecule has 1 atom stereocenters. The van der Waals surface area contributed by atoms with Crippen LogP contribution in [0.3, 0.4) is 0 Å². The number of carbonyl (C=O) groups is 2. The predicted molar refractivity (Wildman–Crippen MR) is 96.1 cm³/mol. The van der Waals surface area contributed by atoms with E-state index >= 15 is 0 Å². The number of likely N-dealkylation sites (tertiary alicyclic amines) is 1. The molecule has 1 heterocycles. The van der Waals surface area contributed by atoms with Crippen LogP contribution in [-0.2, 0) is 4.79 Å². The van der Waals surface area contributed by atoms with Gasteiger partial charge in [0.05, 0.1) is 5.92 Å². The summed E-state index contributed by atoms with van der Waals surface area (Å²) in [6.07, 6.45) is 1.74. The molecule has 5 nitrogen and oxygen atoms in total. The van der Waals surface area contributed by atoms with Crippen molar-refractivity contribution in [2.45, 2.75) is 26.7 Å². The van der Waals surface area contributed by atoms with Crippen LogP contribution >= 0.6 is 0 Å². The molecule has 2 amide bonds. The third-order valence-corrected chi connectivity index (χ3v) is 4.60. The number of benzene rings is 1. The quantitative estimate of drug-likeness (QED) is 0.896. The topological polar surface area (TPSA) is 52.7 Å². The van der Waals surface area contributed by atoms with Gasteiger partial charge in [0.25, 0.3) is 5.91 Å². The monoisotopic (exact) mass is 331 g/mol. The lowest BCUT2D eigenvalue weighted by Crippen LogP contribution is -2.46. The Morgan fingerprint density at radius 3 is 2.54 bits per heavy atom. The van der Waals surface area contributed by atoms with Crippen molar-refractivity contribution in [2.24, 2.45) is 5.92 Å². The highest BCUT2D eigenvalue weighted by Crippen LogP contribution is 2.21. The van der Waals surface area contributed by atoms with E-state index in [1.165, 1.54) is 0 Å². The van der Waals surface area contributed by atoms with Gasteiger partial charge in [-0.25, -0.2) is 0 Å². The van der Waals surface area contributed by atoms with Crippen LogP contribution in [0.15, 0.2) is 18.2 Å². The molecule has 5 heteroatoms. The van der Waals surface area contributed by atoms with Crippen LogP contribution < -0.4 is 5.32 Å². The summed E-state index contributed by atoms with van der Waals surface area (Å²) in [6.45, 7) is 6.73. The fourth-order valence-corrected chi connectivity index (χ4v) is 3.35. The molecule has 2 rings (SSSR count). The fourth-order valence-electron chi connectivity index (χ4n) is 3.35. The van der Waals surface area contributed by atoms with Gasteiger partial charge in [0.2, 0.25) is 5.91 Å². The van der Waals surface area contributed by atoms with Crippen molar-refractivity contribution in [3.8, 4) is 0 Å². The molecule has 0 radical (unpaired) electrons.